The van der Waals surface area contributed by atoms with Gasteiger partial charge in [0.15, 0.2) is 0 Å². The number of aliphatic carboxylic acids is 1. The van der Waals surface area contributed by atoms with Crippen molar-refractivity contribution < 1.29 is 9.90 Å². The maximum Gasteiger partial charge on any atom is 0.303 e. The predicted molar refractivity (Wildman–Crippen MR) is 121 cm³/mol. The van der Waals surface area contributed by atoms with Crippen molar-refractivity contribution in [1.82, 2.24) is 4.57 Å². The summed E-state index contributed by atoms with van der Waals surface area (Å²) in [5.41, 5.74) is 4.54. The summed E-state index contributed by atoms with van der Waals surface area (Å²) >= 11 is 0. The molecule has 0 saturated carbocycles. The number of nitrogens with zero attached hydrogens (tertiary/aromatic N) is 1. The molecule has 0 radical (unpaired) electrons. The maximum absolute atomic E-state index is 11.0. The molecule has 0 amide bonds. The van der Waals surface area contributed by atoms with Crippen LogP contribution in [0.1, 0.15) is 32.7 Å². The van der Waals surface area contributed by atoms with Crippen molar-refractivity contribution in [2.45, 2.75) is 32.7 Å². The topological polar surface area (TPSA) is 42.2 Å². The van der Waals surface area contributed by atoms with Crippen LogP contribution in [0.5, 0.6) is 0 Å². The molecule has 1 aliphatic rings. The zero-order valence-electron chi connectivity index (χ0n) is 17.0. The standard InChI is InChI=1S/C24H21NO2.C2H6/c26-24(27)15-14-18-8-4-6-12-21(16-18)25-22-13-7-5-11-20(22)17-23(25)19-9-2-1-3-10-19;1-2/h1-13,16-17,21H,14-15H2,(H,26,27);1-2H3. The van der Waals surface area contributed by atoms with Crippen LogP contribution >= 0.6 is 0 Å². The van der Waals surface area contributed by atoms with Gasteiger partial charge in [-0.3, -0.25) is 4.79 Å². The summed E-state index contributed by atoms with van der Waals surface area (Å²) in [5.74, 6) is -0.769. The molecule has 0 saturated heterocycles. The fraction of sp³-hybridized carbons (Fsp3) is 0.192. The molecule has 0 fully saturated rings. The maximum atomic E-state index is 11.0. The van der Waals surface area contributed by atoms with Gasteiger partial charge in [-0.15, -0.1) is 0 Å². The molecule has 1 N–H and O–H groups in total. The second-order valence-electron chi connectivity index (χ2n) is 6.69. The Hall–Kier alpha value is -3.33. The first-order valence-corrected chi connectivity index (χ1v) is 10.1. The zero-order chi connectivity index (χ0) is 20.6. The molecule has 1 aliphatic carbocycles. The monoisotopic (exact) mass is 385 g/mol. The lowest BCUT2D eigenvalue weighted by molar-refractivity contribution is -0.136. The largest absolute Gasteiger partial charge is 0.481 e. The minimum atomic E-state index is -0.769. The lowest BCUT2D eigenvalue weighted by Crippen LogP contribution is -2.06. The van der Waals surface area contributed by atoms with E-state index in [2.05, 4.69) is 71.3 Å². The highest BCUT2D eigenvalue weighted by Crippen LogP contribution is 2.33. The summed E-state index contributed by atoms with van der Waals surface area (Å²) in [4.78, 5) is 11.0. The molecule has 1 heterocycles. The minimum Gasteiger partial charge on any atom is -0.481 e. The summed E-state index contributed by atoms with van der Waals surface area (Å²) in [6.45, 7) is 4.00. The van der Waals surface area contributed by atoms with Crippen LogP contribution in [0.15, 0.2) is 96.6 Å². The average molecular weight is 386 g/mol. The Morgan fingerprint density at radius 1 is 1.00 bits per heavy atom. The summed E-state index contributed by atoms with van der Waals surface area (Å²) in [6.07, 6.45) is 11.0. The van der Waals surface area contributed by atoms with Crippen molar-refractivity contribution in [2.24, 2.45) is 0 Å². The number of para-hydroxylation sites is 1. The first kappa shape index (κ1) is 20.4. The van der Waals surface area contributed by atoms with Crippen LogP contribution in [0.3, 0.4) is 0 Å². The van der Waals surface area contributed by atoms with E-state index in [4.69, 9.17) is 5.11 Å². The Labute approximate surface area is 172 Å². The van der Waals surface area contributed by atoms with Crippen LogP contribution in [0.25, 0.3) is 22.2 Å². The smallest absolute Gasteiger partial charge is 0.303 e. The third kappa shape index (κ3) is 4.75. The summed E-state index contributed by atoms with van der Waals surface area (Å²) < 4.78 is 2.33. The molecule has 148 valence electrons. The molecule has 3 heteroatoms. The van der Waals surface area contributed by atoms with Gasteiger partial charge < -0.3 is 9.67 Å². The average Bonchev–Trinajstić information content (AvgIpc) is 2.99. The van der Waals surface area contributed by atoms with Crippen LogP contribution < -0.4 is 0 Å². The second-order valence-corrected chi connectivity index (χ2v) is 6.69. The van der Waals surface area contributed by atoms with Crippen molar-refractivity contribution in [3.8, 4) is 11.3 Å². The number of carbonyl (C=O) groups is 1. The third-order valence-corrected chi connectivity index (χ3v) is 4.86. The zero-order valence-corrected chi connectivity index (χ0v) is 17.0. The molecular formula is C26H27NO2. The predicted octanol–water partition coefficient (Wildman–Crippen LogP) is 6.79. The van der Waals surface area contributed by atoms with Gasteiger partial charge in [0.2, 0.25) is 0 Å². The third-order valence-electron chi connectivity index (χ3n) is 4.86. The van der Waals surface area contributed by atoms with Gasteiger partial charge >= 0.3 is 5.97 Å². The van der Waals surface area contributed by atoms with Gasteiger partial charge in [-0.05, 0) is 29.7 Å². The molecule has 0 aliphatic heterocycles. The molecule has 4 rings (SSSR count). The number of aromatic nitrogens is 1. The van der Waals surface area contributed by atoms with E-state index in [1.807, 2.05) is 38.1 Å². The molecule has 3 nitrogen and oxygen atoms in total. The van der Waals surface area contributed by atoms with E-state index in [-0.39, 0.29) is 12.5 Å². The lowest BCUT2D eigenvalue weighted by Gasteiger charge is -2.18. The number of carboxylic acids is 1. The van der Waals surface area contributed by atoms with Gasteiger partial charge in [-0.2, -0.15) is 0 Å². The number of benzene rings is 2. The Bertz CT molecular complexity index is 1050. The molecule has 3 aromatic rings. The number of fused-ring (bicyclic) bond motifs is 1. The molecule has 29 heavy (non-hydrogen) atoms. The Balaban J connectivity index is 0.00000117. The van der Waals surface area contributed by atoms with Gasteiger partial charge in [0, 0.05) is 23.0 Å². The molecule has 1 aromatic heterocycles. The number of rotatable bonds is 5. The first-order chi connectivity index (χ1) is 14.2. The van der Waals surface area contributed by atoms with E-state index < -0.39 is 5.97 Å². The normalized spacial score (nSPS) is 15.4. The van der Waals surface area contributed by atoms with Crippen molar-refractivity contribution in [2.75, 3.05) is 0 Å². The molecule has 0 spiro atoms. The Morgan fingerprint density at radius 3 is 2.48 bits per heavy atom. The highest BCUT2D eigenvalue weighted by Gasteiger charge is 2.16. The number of hydrogen-bond donors (Lipinski definition) is 1. The highest BCUT2D eigenvalue weighted by molar-refractivity contribution is 5.87. The summed E-state index contributed by atoms with van der Waals surface area (Å²) in [7, 11) is 0. The minimum absolute atomic E-state index is 0.0268. The molecule has 1 unspecified atom stereocenters. The summed E-state index contributed by atoms with van der Waals surface area (Å²) in [6, 6.07) is 21.0. The summed E-state index contributed by atoms with van der Waals surface area (Å²) in [5, 5.41) is 10.2. The van der Waals surface area contributed by atoms with E-state index in [1.165, 1.54) is 16.5 Å². The van der Waals surface area contributed by atoms with Crippen molar-refractivity contribution in [3.63, 3.8) is 0 Å². The number of allylic oxidation sites excluding steroid dienone is 6. The Kier molecular flexibility index (Phi) is 6.85. The van der Waals surface area contributed by atoms with Crippen LogP contribution in [0.4, 0.5) is 0 Å². The molecule has 2 aromatic carbocycles. The number of hydrogen-bond acceptors (Lipinski definition) is 1. The lowest BCUT2D eigenvalue weighted by atomic mass is 10.1. The van der Waals surface area contributed by atoms with Crippen molar-refractivity contribution >= 4 is 16.9 Å². The molecular weight excluding hydrogens is 358 g/mol. The van der Waals surface area contributed by atoms with Crippen LogP contribution in [0.2, 0.25) is 0 Å². The van der Waals surface area contributed by atoms with Crippen molar-refractivity contribution in [1.29, 1.82) is 0 Å². The van der Waals surface area contributed by atoms with Crippen LogP contribution in [0, 0.1) is 0 Å². The highest BCUT2D eigenvalue weighted by atomic mass is 16.4. The van der Waals surface area contributed by atoms with Gasteiger partial charge in [-0.25, -0.2) is 0 Å². The fourth-order valence-electron chi connectivity index (χ4n) is 3.59. The Morgan fingerprint density at radius 2 is 1.72 bits per heavy atom. The fourth-order valence-corrected chi connectivity index (χ4v) is 3.59. The van der Waals surface area contributed by atoms with Crippen molar-refractivity contribution in [3.05, 3.63) is 96.6 Å². The van der Waals surface area contributed by atoms with Gasteiger partial charge in [0.1, 0.15) is 0 Å². The van der Waals surface area contributed by atoms with Gasteiger partial charge in [0.25, 0.3) is 0 Å². The van der Waals surface area contributed by atoms with E-state index in [9.17, 15) is 4.79 Å². The molecule has 1 atom stereocenters. The van der Waals surface area contributed by atoms with Gasteiger partial charge in [0.05, 0.1) is 6.04 Å². The van der Waals surface area contributed by atoms with E-state index in [1.54, 1.807) is 0 Å². The van der Waals surface area contributed by atoms with Crippen LogP contribution in [-0.2, 0) is 4.79 Å². The SMILES string of the molecule is CC.O=C(O)CCC1=CC(n2c(-c3ccccc3)cc3ccccc32)C=CC=C1. The van der Waals surface area contributed by atoms with E-state index in [0.29, 0.717) is 6.42 Å². The van der Waals surface area contributed by atoms with E-state index in [0.717, 1.165) is 11.3 Å². The first-order valence-electron chi connectivity index (χ1n) is 10.1. The van der Waals surface area contributed by atoms with E-state index >= 15 is 0 Å². The number of carboxylic acid groups (broad SMARTS) is 1. The second kappa shape index (κ2) is 9.74. The molecule has 0 bridgehead atoms. The quantitative estimate of drug-likeness (QED) is 0.525. The van der Waals surface area contributed by atoms with Gasteiger partial charge in [-0.1, -0.05) is 92.8 Å². The van der Waals surface area contributed by atoms with Crippen LogP contribution in [-0.4, -0.2) is 15.6 Å².